The third kappa shape index (κ3) is 7.22. The molecule has 2 rings (SSSR count). The molecule has 25 heavy (non-hydrogen) atoms. The molecule has 0 aliphatic carbocycles. The summed E-state index contributed by atoms with van der Waals surface area (Å²) in [5.41, 5.74) is 2.31. The van der Waals surface area contributed by atoms with E-state index in [4.69, 9.17) is 4.99 Å². The standard InChI is InChI=1S/C19H30N4O.HI/c1-5-20-18(22-19(2,3)4)21-13-15-9-6-7-10-16(15)14-23-12-8-11-17(23)24;/h6-7,9-10H,5,8,11-14H2,1-4H3,(H2,20,21,22);1H. The van der Waals surface area contributed by atoms with Crippen LogP contribution in [0.15, 0.2) is 29.3 Å². The van der Waals surface area contributed by atoms with Gasteiger partial charge in [0.15, 0.2) is 5.96 Å². The van der Waals surface area contributed by atoms with Gasteiger partial charge in [-0.3, -0.25) is 4.79 Å². The van der Waals surface area contributed by atoms with Crippen LogP contribution in [-0.2, 0) is 17.9 Å². The Kier molecular flexibility index (Phi) is 8.68. The van der Waals surface area contributed by atoms with Gasteiger partial charge in [-0.25, -0.2) is 4.99 Å². The Labute approximate surface area is 168 Å². The second-order valence-corrected chi connectivity index (χ2v) is 7.26. The Balaban J connectivity index is 0.00000312. The largest absolute Gasteiger partial charge is 0.357 e. The first-order chi connectivity index (χ1) is 11.4. The van der Waals surface area contributed by atoms with E-state index in [9.17, 15) is 4.79 Å². The van der Waals surface area contributed by atoms with Crippen molar-refractivity contribution < 1.29 is 4.79 Å². The van der Waals surface area contributed by atoms with Crippen LogP contribution < -0.4 is 10.6 Å². The average Bonchev–Trinajstić information content (AvgIpc) is 2.90. The normalized spacial score (nSPS) is 15.1. The van der Waals surface area contributed by atoms with Gasteiger partial charge in [-0.05, 0) is 45.2 Å². The van der Waals surface area contributed by atoms with Crippen molar-refractivity contribution in [3.05, 3.63) is 35.4 Å². The van der Waals surface area contributed by atoms with Crippen LogP contribution in [0.2, 0.25) is 0 Å². The molecule has 1 heterocycles. The van der Waals surface area contributed by atoms with Gasteiger partial charge in [-0.2, -0.15) is 0 Å². The fraction of sp³-hybridized carbons (Fsp3) is 0.579. The van der Waals surface area contributed by atoms with Gasteiger partial charge in [-0.15, -0.1) is 24.0 Å². The molecule has 1 saturated heterocycles. The van der Waals surface area contributed by atoms with Crippen molar-refractivity contribution in [2.45, 2.75) is 59.2 Å². The first-order valence-electron chi connectivity index (χ1n) is 8.80. The molecule has 0 saturated carbocycles. The molecular weight excluding hydrogens is 427 g/mol. The lowest BCUT2D eigenvalue weighted by Crippen LogP contribution is -2.47. The Morgan fingerprint density at radius 1 is 1.24 bits per heavy atom. The Bertz CT molecular complexity index is 595. The summed E-state index contributed by atoms with van der Waals surface area (Å²) in [5.74, 6) is 1.08. The Hall–Kier alpha value is -1.31. The predicted molar refractivity (Wildman–Crippen MR) is 114 cm³/mol. The number of aliphatic imine (C=N–C) groups is 1. The van der Waals surface area contributed by atoms with Crippen LogP contribution in [0.3, 0.4) is 0 Å². The zero-order valence-corrected chi connectivity index (χ0v) is 18.1. The van der Waals surface area contributed by atoms with Crippen molar-refractivity contribution in [2.75, 3.05) is 13.1 Å². The van der Waals surface area contributed by atoms with Gasteiger partial charge in [0.2, 0.25) is 5.91 Å². The van der Waals surface area contributed by atoms with Crippen LogP contribution in [0.1, 0.15) is 51.7 Å². The quantitative estimate of drug-likeness (QED) is 0.405. The summed E-state index contributed by atoms with van der Waals surface area (Å²) in [6.07, 6.45) is 1.65. The molecule has 1 aromatic carbocycles. The Morgan fingerprint density at radius 3 is 2.48 bits per heavy atom. The van der Waals surface area contributed by atoms with Gasteiger partial charge in [-0.1, -0.05) is 24.3 Å². The second kappa shape index (κ2) is 9.99. The van der Waals surface area contributed by atoms with E-state index in [2.05, 4.69) is 50.5 Å². The van der Waals surface area contributed by atoms with Crippen LogP contribution in [0.4, 0.5) is 0 Å². The first-order valence-corrected chi connectivity index (χ1v) is 8.80. The van der Waals surface area contributed by atoms with E-state index in [-0.39, 0.29) is 35.4 Å². The minimum absolute atomic E-state index is 0. The number of carbonyl (C=O) groups excluding carboxylic acids is 1. The van der Waals surface area contributed by atoms with E-state index in [0.29, 0.717) is 19.5 Å². The summed E-state index contributed by atoms with van der Waals surface area (Å²) in [5, 5.41) is 6.68. The van der Waals surface area contributed by atoms with Gasteiger partial charge < -0.3 is 15.5 Å². The highest BCUT2D eigenvalue weighted by molar-refractivity contribution is 14.0. The number of halogens is 1. The van der Waals surface area contributed by atoms with Crippen molar-refractivity contribution in [3.63, 3.8) is 0 Å². The molecule has 1 aliphatic rings. The van der Waals surface area contributed by atoms with E-state index in [1.54, 1.807) is 0 Å². The maximum atomic E-state index is 11.9. The smallest absolute Gasteiger partial charge is 0.222 e. The minimum atomic E-state index is -0.0392. The first kappa shape index (κ1) is 21.7. The fourth-order valence-electron chi connectivity index (χ4n) is 2.77. The van der Waals surface area contributed by atoms with Gasteiger partial charge in [0.25, 0.3) is 0 Å². The van der Waals surface area contributed by atoms with E-state index in [1.807, 2.05) is 17.0 Å². The molecule has 1 aliphatic heterocycles. The number of benzene rings is 1. The fourth-order valence-corrected chi connectivity index (χ4v) is 2.77. The molecule has 1 amide bonds. The summed E-state index contributed by atoms with van der Waals surface area (Å²) in [6, 6.07) is 8.26. The highest BCUT2D eigenvalue weighted by atomic mass is 127. The number of nitrogens with zero attached hydrogens (tertiary/aromatic N) is 2. The molecule has 6 heteroatoms. The summed E-state index contributed by atoms with van der Waals surface area (Å²) in [4.78, 5) is 18.5. The van der Waals surface area contributed by atoms with Crippen molar-refractivity contribution in [3.8, 4) is 0 Å². The molecule has 5 nitrogen and oxygen atoms in total. The molecule has 0 atom stereocenters. The van der Waals surface area contributed by atoms with Crippen LogP contribution in [0, 0.1) is 0 Å². The summed E-state index contributed by atoms with van der Waals surface area (Å²) in [6.45, 7) is 11.4. The maximum Gasteiger partial charge on any atom is 0.222 e. The minimum Gasteiger partial charge on any atom is -0.357 e. The molecule has 0 aromatic heterocycles. The monoisotopic (exact) mass is 458 g/mol. The number of guanidine groups is 1. The molecule has 0 unspecified atom stereocenters. The molecule has 0 bridgehead atoms. The lowest BCUT2D eigenvalue weighted by Gasteiger charge is -2.24. The lowest BCUT2D eigenvalue weighted by molar-refractivity contribution is -0.128. The summed E-state index contributed by atoms with van der Waals surface area (Å²) >= 11 is 0. The number of likely N-dealkylation sites (tertiary alicyclic amines) is 1. The highest BCUT2D eigenvalue weighted by Crippen LogP contribution is 2.17. The van der Waals surface area contributed by atoms with Gasteiger partial charge >= 0.3 is 0 Å². The number of hydrogen-bond acceptors (Lipinski definition) is 2. The van der Waals surface area contributed by atoms with Crippen molar-refractivity contribution >= 4 is 35.8 Å². The van der Waals surface area contributed by atoms with Crippen molar-refractivity contribution in [1.29, 1.82) is 0 Å². The zero-order chi connectivity index (χ0) is 17.6. The third-order valence-corrected chi connectivity index (χ3v) is 3.90. The summed E-state index contributed by atoms with van der Waals surface area (Å²) in [7, 11) is 0. The topological polar surface area (TPSA) is 56.7 Å². The number of amides is 1. The molecular formula is C19H31IN4O. The van der Waals surface area contributed by atoms with Crippen LogP contribution in [0.5, 0.6) is 0 Å². The Morgan fingerprint density at radius 2 is 1.92 bits per heavy atom. The van der Waals surface area contributed by atoms with E-state index in [1.165, 1.54) is 11.1 Å². The number of carbonyl (C=O) groups is 1. The molecule has 1 fully saturated rings. The second-order valence-electron chi connectivity index (χ2n) is 7.26. The highest BCUT2D eigenvalue weighted by Gasteiger charge is 2.20. The third-order valence-electron chi connectivity index (χ3n) is 3.90. The van der Waals surface area contributed by atoms with Crippen LogP contribution in [0.25, 0.3) is 0 Å². The van der Waals surface area contributed by atoms with Gasteiger partial charge in [0.05, 0.1) is 6.54 Å². The molecule has 0 spiro atoms. The van der Waals surface area contributed by atoms with E-state index in [0.717, 1.165) is 25.5 Å². The van der Waals surface area contributed by atoms with Crippen LogP contribution >= 0.6 is 24.0 Å². The maximum absolute atomic E-state index is 11.9. The summed E-state index contributed by atoms with van der Waals surface area (Å²) < 4.78 is 0. The average molecular weight is 458 g/mol. The lowest BCUT2D eigenvalue weighted by atomic mass is 10.1. The number of rotatable bonds is 5. The van der Waals surface area contributed by atoms with E-state index < -0.39 is 0 Å². The molecule has 0 radical (unpaired) electrons. The van der Waals surface area contributed by atoms with Gasteiger partial charge in [0, 0.05) is 31.6 Å². The van der Waals surface area contributed by atoms with Gasteiger partial charge in [0.1, 0.15) is 0 Å². The van der Waals surface area contributed by atoms with Crippen molar-refractivity contribution in [2.24, 2.45) is 4.99 Å². The number of hydrogen-bond donors (Lipinski definition) is 2. The SMILES string of the molecule is CCNC(=NCc1ccccc1CN1CCCC1=O)NC(C)(C)C.I. The molecule has 2 N–H and O–H groups in total. The van der Waals surface area contributed by atoms with E-state index >= 15 is 0 Å². The van der Waals surface area contributed by atoms with Crippen LogP contribution in [-0.4, -0.2) is 35.4 Å². The van der Waals surface area contributed by atoms with Crippen molar-refractivity contribution in [1.82, 2.24) is 15.5 Å². The zero-order valence-electron chi connectivity index (χ0n) is 15.8. The predicted octanol–water partition coefficient (Wildman–Crippen LogP) is 3.28. The molecule has 1 aromatic rings. The number of nitrogens with one attached hydrogen (secondary N) is 2. The molecule has 140 valence electrons.